The summed E-state index contributed by atoms with van der Waals surface area (Å²) in [5, 5.41) is 12.8. The predicted molar refractivity (Wildman–Crippen MR) is 98.3 cm³/mol. The summed E-state index contributed by atoms with van der Waals surface area (Å²) < 4.78 is 9.68. The Balaban J connectivity index is 4.53. The van der Waals surface area contributed by atoms with Gasteiger partial charge in [0.25, 0.3) is 0 Å². The molecule has 0 saturated carbocycles. The first-order chi connectivity index (χ1) is 11.9. The molecule has 2 atom stereocenters. The van der Waals surface area contributed by atoms with Crippen LogP contribution in [0.15, 0.2) is 12.2 Å². The van der Waals surface area contributed by atoms with Crippen LogP contribution in [-0.2, 0) is 14.3 Å². The molecule has 0 aromatic rings. The van der Waals surface area contributed by atoms with E-state index < -0.39 is 23.7 Å². The average Bonchev–Trinajstić information content (AvgIpc) is 2.58. The standard InChI is InChI=1S/C19H35NO5/c1-5-7-9-10-11-13-19(3,23)14-12-16(17(21)24-4)20-18(22)25-15-8-6-2/h12,14,16,23H,5-11,13,15H2,1-4H3,(H,20,22)/b14-12+/t16-,19?/m1/s1. The fraction of sp³-hybridized carbons (Fsp3) is 0.789. The van der Waals surface area contributed by atoms with E-state index in [0.717, 1.165) is 32.1 Å². The summed E-state index contributed by atoms with van der Waals surface area (Å²) in [5.41, 5.74) is -1.04. The molecule has 0 aliphatic heterocycles. The number of amides is 1. The van der Waals surface area contributed by atoms with Crippen molar-refractivity contribution in [2.45, 2.75) is 83.8 Å². The van der Waals surface area contributed by atoms with E-state index in [1.165, 1.54) is 26.0 Å². The molecule has 6 nitrogen and oxygen atoms in total. The Hall–Kier alpha value is -1.56. The molecule has 2 N–H and O–H groups in total. The molecular formula is C19H35NO5. The molecule has 0 rings (SSSR count). The van der Waals surface area contributed by atoms with Crippen LogP contribution in [0.3, 0.4) is 0 Å². The summed E-state index contributed by atoms with van der Waals surface area (Å²) in [4.78, 5) is 23.5. The minimum Gasteiger partial charge on any atom is -0.467 e. The summed E-state index contributed by atoms with van der Waals surface area (Å²) in [6.45, 7) is 6.14. The van der Waals surface area contributed by atoms with Crippen molar-refractivity contribution < 1.29 is 24.2 Å². The molecule has 1 unspecified atom stereocenters. The van der Waals surface area contributed by atoms with Gasteiger partial charge in [-0.3, -0.25) is 0 Å². The molecule has 0 aliphatic rings. The van der Waals surface area contributed by atoms with Gasteiger partial charge in [-0.1, -0.05) is 64.5 Å². The maximum Gasteiger partial charge on any atom is 0.408 e. The van der Waals surface area contributed by atoms with Crippen LogP contribution in [0, 0.1) is 0 Å². The molecule has 0 heterocycles. The Kier molecular flexibility index (Phi) is 12.8. The highest BCUT2D eigenvalue weighted by atomic mass is 16.6. The zero-order valence-electron chi connectivity index (χ0n) is 16.2. The molecule has 0 bridgehead atoms. The van der Waals surface area contributed by atoms with E-state index in [1.54, 1.807) is 13.0 Å². The van der Waals surface area contributed by atoms with Crippen LogP contribution in [0.4, 0.5) is 4.79 Å². The Morgan fingerprint density at radius 3 is 2.36 bits per heavy atom. The van der Waals surface area contributed by atoms with E-state index in [-0.39, 0.29) is 0 Å². The summed E-state index contributed by atoms with van der Waals surface area (Å²) in [7, 11) is 1.25. The highest BCUT2D eigenvalue weighted by Gasteiger charge is 2.22. The maximum absolute atomic E-state index is 11.8. The van der Waals surface area contributed by atoms with Gasteiger partial charge in [0, 0.05) is 0 Å². The summed E-state index contributed by atoms with van der Waals surface area (Å²) in [6, 6.07) is -0.981. The number of aliphatic hydroxyl groups is 1. The largest absolute Gasteiger partial charge is 0.467 e. The quantitative estimate of drug-likeness (QED) is 0.298. The Morgan fingerprint density at radius 1 is 1.12 bits per heavy atom. The second-order valence-electron chi connectivity index (χ2n) is 6.52. The predicted octanol–water partition coefficient (Wildman–Crippen LogP) is 3.72. The first kappa shape index (κ1) is 23.4. The molecule has 0 aromatic heterocycles. The number of ether oxygens (including phenoxy) is 2. The smallest absolute Gasteiger partial charge is 0.408 e. The number of unbranched alkanes of at least 4 members (excludes halogenated alkanes) is 5. The van der Waals surface area contributed by atoms with Crippen LogP contribution in [0.5, 0.6) is 0 Å². The lowest BCUT2D eigenvalue weighted by molar-refractivity contribution is -0.141. The minimum absolute atomic E-state index is 0.301. The van der Waals surface area contributed by atoms with Crippen LogP contribution < -0.4 is 5.32 Å². The van der Waals surface area contributed by atoms with Gasteiger partial charge in [-0.2, -0.15) is 0 Å². The molecule has 6 heteroatoms. The highest BCUT2D eigenvalue weighted by Crippen LogP contribution is 2.17. The van der Waals surface area contributed by atoms with Crippen molar-refractivity contribution in [1.29, 1.82) is 0 Å². The van der Waals surface area contributed by atoms with Crippen molar-refractivity contribution in [2.75, 3.05) is 13.7 Å². The van der Waals surface area contributed by atoms with Gasteiger partial charge in [-0.25, -0.2) is 9.59 Å². The Morgan fingerprint density at radius 2 is 1.76 bits per heavy atom. The number of esters is 1. The molecule has 1 amide bonds. The number of nitrogens with one attached hydrogen (secondary N) is 1. The van der Waals surface area contributed by atoms with Crippen LogP contribution >= 0.6 is 0 Å². The van der Waals surface area contributed by atoms with Gasteiger partial charge in [0.2, 0.25) is 0 Å². The number of hydrogen-bond acceptors (Lipinski definition) is 5. The van der Waals surface area contributed by atoms with E-state index in [2.05, 4.69) is 17.0 Å². The number of hydrogen-bond donors (Lipinski definition) is 2. The normalized spacial score (nSPS) is 14.8. The molecular weight excluding hydrogens is 322 g/mol. The highest BCUT2D eigenvalue weighted by molar-refractivity contribution is 5.83. The van der Waals surface area contributed by atoms with E-state index in [4.69, 9.17) is 4.74 Å². The van der Waals surface area contributed by atoms with Crippen molar-refractivity contribution in [2.24, 2.45) is 0 Å². The third-order valence-corrected chi connectivity index (χ3v) is 3.89. The van der Waals surface area contributed by atoms with Gasteiger partial charge in [0.05, 0.1) is 19.3 Å². The number of methoxy groups -OCH3 is 1. The summed E-state index contributed by atoms with van der Waals surface area (Å²) >= 11 is 0. The van der Waals surface area contributed by atoms with Gasteiger partial charge in [0.15, 0.2) is 0 Å². The van der Waals surface area contributed by atoms with Crippen molar-refractivity contribution in [3.05, 3.63) is 12.2 Å². The van der Waals surface area contributed by atoms with E-state index in [1.807, 2.05) is 6.92 Å². The van der Waals surface area contributed by atoms with Gasteiger partial charge in [-0.15, -0.1) is 0 Å². The second-order valence-corrected chi connectivity index (χ2v) is 6.52. The Labute approximate surface area is 152 Å². The van der Waals surface area contributed by atoms with Crippen LogP contribution in [-0.4, -0.2) is 42.5 Å². The lowest BCUT2D eigenvalue weighted by Gasteiger charge is -2.20. The van der Waals surface area contributed by atoms with Crippen LogP contribution in [0.2, 0.25) is 0 Å². The molecule has 0 aromatic carbocycles. The number of rotatable bonds is 13. The van der Waals surface area contributed by atoms with Crippen LogP contribution in [0.1, 0.15) is 72.1 Å². The second kappa shape index (κ2) is 13.7. The molecule has 0 fully saturated rings. The van der Waals surface area contributed by atoms with Gasteiger partial charge >= 0.3 is 12.1 Å². The van der Waals surface area contributed by atoms with Gasteiger partial charge in [0.1, 0.15) is 6.04 Å². The monoisotopic (exact) mass is 357 g/mol. The topological polar surface area (TPSA) is 84.9 Å². The minimum atomic E-state index is -1.04. The molecule has 0 saturated heterocycles. The third-order valence-electron chi connectivity index (χ3n) is 3.89. The van der Waals surface area contributed by atoms with Crippen molar-refractivity contribution in [1.82, 2.24) is 5.32 Å². The SMILES string of the molecule is CCCCCCCC(C)(O)/C=C/[C@@H](NC(=O)OCCCC)C(=O)OC. The third kappa shape index (κ3) is 12.5. The summed E-state index contributed by atoms with van der Waals surface area (Å²) in [5.74, 6) is -0.609. The zero-order chi connectivity index (χ0) is 19.1. The van der Waals surface area contributed by atoms with Gasteiger partial charge in [-0.05, 0) is 19.8 Å². The van der Waals surface area contributed by atoms with Crippen molar-refractivity contribution in [3.8, 4) is 0 Å². The van der Waals surface area contributed by atoms with Crippen LogP contribution in [0.25, 0.3) is 0 Å². The number of alkyl carbamates (subject to hydrolysis) is 1. The lowest BCUT2D eigenvalue weighted by atomic mass is 9.96. The Bertz CT molecular complexity index is 407. The molecule has 0 radical (unpaired) electrons. The van der Waals surface area contributed by atoms with Crippen molar-refractivity contribution >= 4 is 12.1 Å². The molecule has 0 spiro atoms. The first-order valence-electron chi connectivity index (χ1n) is 9.29. The maximum atomic E-state index is 11.8. The number of carbonyl (C=O) groups is 2. The fourth-order valence-electron chi connectivity index (χ4n) is 2.26. The van der Waals surface area contributed by atoms with E-state index >= 15 is 0 Å². The van der Waals surface area contributed by atoms with Crippen molar-refractivity contribution in [3.63, 3.8) is 0 Å². The summed E-state index contributed by atoms with van der Waals surface area (Å²) in [6.07, 6.45) is 10.1. The van der Waals surface area contributed by atoms with Gasteiger partial charge < -0.3 is 19.9 Å². The number of carbonyl (C=O) groups excluding carboxylic acids is 2. The zero-order valence-corrected chi connectivity index (χ0v) is 16.2. The van der Waals surface area contributed by atoms with E-state index in [9.17, 15) is 14.7 Å². The van der Waals surface area contributed by atoms with E-state index in [0.29, 0.717) is 13.0 Å². The average molecular weight is 357 g/mol. The first-order valence-corrected chi connectivity index (χ1v) is 9.29. The molecule has 0 aliphatic carbocycles. The molecule has 25 heavy (non-hydrogen) atoms. The fourth-order valence-corrected chi connectivity index (χ4v) is 2.26. The lowest BCUT2D eigenvalue weighted by Crippen LogP contribution is -2.41. The molecule has 146 valence electrons.